The molecule has 1 heterocycles. The summed E-state index contributed by atoms with van der Waals surface area (Å²) in [5.41, 5.74) is 0.435. The van der Waals surface area contributed by atoms with Gasteiger partial charge in [-0.3, -0.25) is 0 Å². The van der Waals surface area contributed by atoms with Gasteiger partial charge in [0.1, 0.15) is 0 Å². The van der Waals surface area contributed by atoms with Crippen molar-refractivity contribution in [3.05, 3.63) is 28.8 Å². The van der Waals surface area contributed by atoms with Crippen LogP contribution in [0.4, 0.5) is 0 Å². The van der Waals surface area contributed by atoms with Gasteiger partial charge in [-0.2, -0.15) is 4.31 Å². The van der Waals surface area contributed by atoms with Crippen LogP contribution >= 0.6 is 11.6 Å². The van der Waals surface area contributed by atoms with Gasteiger partial charge in [0.05, 0.1) is 23.0 Å². The highest BCUT2D eigenvalue weighted by molar-refractivity contribution is 7.92. The van der Waals surface area contributed by atoms with Crippen LogP contribution in [-0.2, 0) is 26.5 Å². The molecule has 9 heteroatoms. The maximum absolute atomic E-state index is 12.6. The summed E-state index contributed by atoms with van der Waals surface area (Å²) in [6.45, 7) is 1.22. The lowest BCUT2D eigenvalue weighted by Crippen LogP contribution is -2.49. The molecule has 1 aliphatic heterocycles. The largest absolute Gasteiger partial charge is 0.392 e. The number of rotatable bonds is 3. The van der Waals surface area contributed by atoms with E-state index >= 15 is 0 Å². The molecule has 1 aromatic rings. The quantitative estimate of drug-likeness (QED) is 0.861. The standard InChI is InChI=1S/C12H16ClNO5S2/c1-9-8-20(16,17)5-4-14(9)21(18,19)11-3-2-10(7-15)12(13)6-11/h2-3,6,9,15H,4-5,7-8H2,1H3. The Morgan fingerprint density at radius 3 is 2.62 bits per heavy atom. The van der Waals surface area contributed by atoms with E-state index in [1.165, 1.54) is 22.5 Å². The van der Waals surface area contributed by atoms with Crippen LogP contribution in [0.15, 0.2) is 23.1 Å². The van der Waals surface area contributed by atoms with Gasteiger partial charge in [0, 0.05) is 17.6 Å². The van der Waals surface area contributed by atoms with E-state index < -0.39 is 25.9 Å². The summed E-state index contributed by atoms with van der Waals surface area (Å²) in [6.07, 6.45) is 0. The second kappa shape index (κ2) is 5.85. The number of hydrogen-bond donors (Lipinski definition) is 1. The van der Waals surface area contributed by atoms with Crippen molar-refractivity contribution in [2.45, 2.75) is 24.5 Å². The topological polar surface area (TPSA) is 91.8 Å². The van der Waals surface area contributed by atoms with Crippen molar-refractivity contribution < 1.29 is 21.9 Å². The third-order valence-corrected chi connectivity index (χ3v) is 7.57. The van der Waals surface area contributed by atoms with Gasteiger partial charge >= 0.3 is 0 Å². The number of aliphatic hydroxyl groups excluding tert-OH is 1. The lowest BCUT2D eigenvalue weighted by Gasteiger charge is -2.32. The molecule has 1 unspecified atom stereocenters. The van der Waals surface area contributed by atoms with E-state index in [9.17, 15) is 16.8 Å². The van der Waals surface area contributed by atoms with Crippen LogP contribution in [0.1, 0.15) is 12.5 Å². The fourth-order valence-corrected chi connectivity index (χ4v) is 6.02. The molecule has 0 saturated carbocycles. The Hall–Kier alpha value is -0.670. The lowest BCUT2D eigenvalue weighted by molar-refractivity contribution is 0.282. The van der Waals surface area contributed by atoms with Crippen LogP contribution < -0.4 is 0 Å². The first-order valence-corrected chi connectivity index (χ1v) is 9.93. The molecule has 0 amide bonds. The summed E-state index contributed by atoms with van der Waals surface area (Å²) < 4.78 is 49.4. The van der Waals surface area contributed by atoms with Crippen molar-refractivity contribution in [1.82, 2.24) is 4.31 Å². The second-order valence-corrected chi connectivity index (χ2v) is 9.52. The first-order chi connectivity index (χ1) is 9.67. The second-order valence-electron chi connectivity index (χ2n) is 4.99. The molecule has 1 saturated heterocycles. The van der Waals surface area contributed by atoms with Crippen molar-refractivity contribution in [2.75, 3.05) is 18.1 Å². The van der Waals surface area contributed by atoms with Gasteiger partial charge in [0.2, 0.25) is 10.0 Å². The Morgan fingerprint density at radius 1 is 1.43 bits per heavy atom. The molecule has 118 valence electrons. The minimum absolute atomic E-state index is 0.00384. The number of aliphatic hydroxyl groups is 1. The molecule has 1 aliphatic rings. The average molecular weight is 354 g/mol. The van der Waals surface area contributed by atoms with Crippen LogP contribution in [0.5, 0.6) is 0 Å². The van der Waals surface area contributed by atoms with Gasteiger partial charge in [0.15, 0.2) is 9.84 Å². The fourth-order valence-electron chi connectivity index (χ4n) is 2.29. The summed E-state index contributed by atoms with van der Waals surface area (Å²) in [5, 5.41) is 9.21. The minimum atomic E-state index is -3.81. The predicted octanol–water partition coefficient (Wildman–Crippen LogP) is 0.640. The van der Waals surface area contributed by atoms with Crippen molar-refractivity contribution >= 4 is 31.5 Å². The Kier molecular flexibility index (Phi) is 4.65. The molecule has 1 fully saturated rings. The number of nitrogens with zero attached hydrogens (tertiary/aromatic N) is 1. The Bertz CT molecular complexity index is 745. The van der Waals surface area contributed by atoms with Gasteiger partial charge in [-0.1, -0.05) is 17.7 Å². The first kappa shape index (κ1) is 16.7. The van der Waals surface area contributed by atoms with E-state index in [4.69, 9.17) is 16.7 Å². The minimum Gasteiger partial charge on any atom is -0.392 e. The molecule has 1 aromatic carbocycles. The Labute approximate surface area is 129 Å². The number of halogens is 1. The highest BCUT2D eigenvalue weighted by Gasteiger charge is 2.36. The number of benzene rings is 1. The number of hydrogen-bond acceptors (Lipinski definition) is 5. The Balaban J connectivity index is 2.36. The van der Waals surface area contributed by atoms with Crippen LogP contribution in [-0.4, -0.2) is 50.3 Å². The van der Waals surface area contributed by atoms with E-state index in [-0.39, 0.29) is 34.6 Å². The Morgan fingerprint density at radius 2 is 2.10 bits per heavy atom. The number of sulfone groups is 1. The zero-order chi connectivity index (χ0) is 15.8. The lowest BCUT2D eigenvalue weighted by atomic mass is 10.2. The molecule has 21 heavy (non-hydrogen) atoms. The van der Waals surface area contributed by atoms with Gasteiger partial charge in [-0.25, -0.2) is 16.8 Å². The first-order valence-electron chi connectivity index (χ1n) is 6.29. The van der Waals surface area contributed by atoms with E-state index in [0.717, 1.165) is 0 Å². The average Bonchev–Trinajstić information content (AvgIpc) is 2.36. The van der Waals surface area contributed by atoms with Crippen molar-refractivity contribution in [1.29, 1.82) is 0 Å². The summed E-state index contributed by atoms with van der Waals surface area (Å²) in [5.74, 6) is -0.367. The molecule has 0 aromatic heterocycles. The number of sulfonamides is 1. The molecule has 0 aliphatic carbocycles. The van der Waals surface area contributed by atoms with E-state index in [0.29, 0.717) is 5.56 Å². The third kappa shape index (κ3) is 3.40. The van der Waals surface area contributed by atoms with Crippen molar-refractivity contribution in [3.63, 3.8) is 0 Å². The fraction of sp³-hybridized carbons (Fsp3) is 0.500. The summed E-state index contributed by atoms with van der Waals surface area (Å²) in [7, 11) is -7.00. The summed E-state index contributed by atoms with van der Waals surface area (Å²) in [4.78, 5) is -0.00384. The van der Waals surface area contributed by atoms with Crippen LogP contribution in [0.3, 0.4) is 0 Å². The molecule has 0 bridgehead atoms. The van der Waals surface area contributed by atoms with Gasteiger partial charge in [0.25, 0.3) is 0 Å². The highest BCUT2D eigenvalue weighted by atomic mass is 35.5. The molecular formula is C12H16ClNO5S2. The summed E-state index contributed by atoms with van der Waals surface area (Å²) >= 11 is 5.92. The molecule has 1 N–H and O–H groups in total. The van der Waals surface area contributed by atoms with E-state index in [1.54, 1.807) is 6.92 Å². The molecule has 0 radical (unpaired) electrons. The monoisotopic (exact) mass is 353 g/mol. The predicted molar refractivity (Wildman–Crippen MR) is 79.4 cm³/mol. The van der Waals surface area contributed by atoms with Crippen LogP contribution in [0.25, 0.3) is 0 Å². The zero-order valence-corrected chi connectivity index (χ0v) is 13.7. The highest BCUT2D eigenvalue weighted by Crippen LogP contribution is 2.26. The van der Waals surface area contributed by atoms with Gasteiger partial charge in [-0.15, -0.1) is 0 Å². The van der Waals surface area contributed by atoms with Crippen molar-refractivity contribution in [3.8, 4) is 0 Å². The van der Waals surface area contributed by atoms with Crippen LogP contribution in [0.2, 0.25) is 5.02 Å². The molecule has 2 rings (SSSR count). The maximum Gasteiger partial charge on any atom is 0.243 e. The van der Waals surface area contributed by atoms with E-state index in [2.05, 4.69) is 0 Å². The van der Waals surface area contributed by atoms with Crippen LogP contribution in [0, 0.1) is 0 Å². The maximum atomic E-state index is 12.6. The molecule has 0 spiro atoms. The summed E-state index contributed by atoms with van der Waals surface area (Å²) in [6, 6.07) is 3.46. The zero-order valence-electron chi connectivity index (χ0n) is 11.4. The van der Waals surface area contributed by atoms with E-state index in [1.807, 2.05) is 0 Å². The van der Waals surface area contributed by atoms with Crippen molar-refractivity contribution in [2.24, 2.45) is 0 Å². The SMILES string of the molecule is CC1CS(=O)(=O)CCN1S(=O)(=O)c1ccc(CO)c(Cl)c1. The molecule has 6 nitrogen and oxygen atoms in total. The van der Waals surface area contributed by atoms with Gasteiger partial charge < -0.3 is 5.11 Å². The van der Waals surface area contributed by atoms with Gasteiger partial charge in [-0.05, 0) is 24.6 Å². The normalized spacial score (nSPS) is 23.1. The third-order valence-electron chi connectivity index (χ3n) is 3.41. The molecular weight excluding hydrogens is 338 g/mol. The smallest absolute Gasteiger partial charge is 0.243 e. The molecule has 1 atom stereocenters.